The number of hydrogen-bond donors (Lipinski definition) is 1. The zero-order chi connectivity index (χ0) is 15.2. The average Bonchev–Trinajstić information content (AvgIpc) is 2.47. The number of aliphatic carboxylic acids is 1. The lowest BCUT2D eigenvalue weighted by atomic mass is 9.98. The molecule has 2 rings (SSSR count). The van der Waals surface area contributed by atoms with Crippen molar-refractivity contribution < 1.29 is 14.6 Å². The Labute approximate surface area is 124 Å². The normalized spacial score (nSPS) is 11.2. The fourth-order valence-corrected chi connectivity index (χ4v) is 2.17. The predicted octanol–water partition coefficient (Wildman–Crippen LogP) is 4.02. The Bertz CT molecular complexity index is 672. The molecule has 0 saturated heterocycles. The van der Waals surface area contributed by atoms with E-state index in [1.165, 1.54) is 0 Å². The number of benzene rings is 2. The van der Waals surface area contributed by atoms with Crippen molar-refractivity contribution in [2.75, 3.05) is 6.61 Å². The molecule has 0 amide bonds. The van der Waals surface area contributed by atoms with Gasteiger partial charge in [-0.15, -0.1) is 0 Å². The minimum absolute atomic E-state index is 0.264. The first-order valence-electron chi connectivity index (χ1n) is 6.86. The van der Waals surface area contributed by atoms with Crippen molar-refractivity contribution in [1.29, 1.82) is 0 Å². The van der Waals surface area contributed by atoms with Crippen LogP contribution >= 0.6 is 0 Å². The maximum Gasteiger partial charge on any atom is 0.336 e. The maximum absolute atomic E-state index is 11.6. The van der Waals surface area contributed by atoms with E-state index in [0.29, 0.717) is 12.4 Å². The SMILES string of the molecule is CCOc1ccccc1/C=C(/C(=O)O)c1ccccc1C. The van der Waals surface area contributed by atoms with Gasteiger partial charge in [-0.1, -0.05) is 42.5 Å². The van der Waals surface area contributed by atoms with E-state index in [0.717, 1.165) is 16.7 Å². The van der Waals surface area contributed by atoms with E-state index in [2.05, 4.69) is 0 Å². The molecular formula is C18H18O3. The Balaban J connectivity index is 2.54. The summed E-state index contributed by atoms with van der Waals surface area (Å²) in [5, 5.41) is 9.52. The van der Waals surface area contributed by atoms with Gasteiger partial charge in [-0.05, 0) is 37.1 Å². The van der Waals surface area contributed by atoms with Crippen molar-refractivity contribution in [3.63, 3.8) is 0 Å². The van der Waals surface area contributed by atoms with Crippen molar-refractivity contribution in [1.82, 2.24) is 0 Å². The number of carboxylic acids is 1. The first-order chi connectivity index (χ1) is 10.1. The number of para-hydroxylation sites is 1. The first kappa shape index (κ1) is 14.9. The molecule has 2 aromatic carbocycles. The van der Waals surface area contributed by atoms with Crippen LogP contribution in [0.25, 0.3) is 11.6 Å². The number of aryl methyl sites for hydroxylation is 1. The van der Waals surface area contributed by atoms with Gasteiger partial charge >= 0.3 is 5.97 Å². The molecule has 0 heterocycles. The molecule has 0 aliphatic heterocycles. The molecule has 108 valence electrons. The Morgan fingerprint density at radius 3 is 2.48 bits per heavy atom. The van der Waals surface area contributed by atoms with Gasteiger partial charge in [0.25, 0.3) is 0 Å². The summed E-state index contributed by atoms with van der Waals surface area (Å²) >= 11 is 0. The molecule has 0 unspecified atom stereocenters. The van der Waals surface area contributed by atoms with Crippen LogP contribution in [-0.2, 0) is 4.79 Å². The Morgan fingerprint density at radius 2 is 1.81 bits per heavy atom. The summed E-state index contributed by atoms with van der Waals surface area (Å²) in [5.41, 5.74) is 2.68. The van der Waals surface area contributed by atoms with Crippen LogP contribution < -0.4 is 4.74 Å². The van der Waals surface area contributed by atoms with Gasteiger partial charge < -0.3 is 9.84 Å². The van der Waals surface area contributed by atoms with E-state index in [4.69, 9.17) is 4.74 Å². The highest BCUT2D eigenvalue weighted by Gasteiger charge is 2.13. The van der Waals surface area contributed by atoms with E-state index in [1.54, 1.807) is 6.08 Å². The van der Waals surface area contributed by atoms with Crippen LogP contribution in [0.15, 0.2) is 48.5 Å². The Morgan fingerprint density at radius 1 is 1.14 bits per heavy atom. The van der Waals surface area contributed by atoms with E-state index in [-0.39, 0.29) is 5.57 Å². The van der Waals surface area contributed by atoms with Gasteiger partial charge in [0.15, 0.2) is 0 Å². The molecule has 0 aliphatic carbocycles. The molecule has 0 spiro atoms. The smallest absolute Gasteiger partial charge is 0.336 e. The van der Waals surface area contributed by atoms with Crippen molar-refractivity contribution >= 4 is 17.6 Å². The molecule has 0 bridgehead atoms. The lowest BCUT2D eigenvalue weighted by Crippen LogP contribution is -2.02. The van der Waals surface area contributed by atoms with Gasteiger partial charge in [0, 0.05) is 5.56 Å². The van der Waals surface area contributed by atoms with Gasteiger partial charge in [-0.25, -0.2) is 4.79 Å². The monoisotopic (exact) mass is 282 g/mol. The summed E-state index contributed by atoms with van der Waals surface area (Å²) in [5.74, 6) is -0.261. The van der Waals surface area contributed by atoms with Crippen LogP contribution in [-0.4, -0.2) is 17.7 Å². The highest BCUT2D eigenvalue weighted by molar-refractivity contribution is 6.21. The minimum atomic E-state index is -0.949. The Hall–Kier alpha value is -2.55. The summed E-state index contributed by atoms with van der Waals surface area (Å²) in [6.45, 7) is 4.35. The zero-order valence-corrected chi connectivity index (χ0v) is 12.2. The number of ether oxygens (including phenoxy) is 1. The molecule has 2 aromatic rings. The van der Waals surface area contributed by atoms with Gasteiger partial charge in [-0.2, -0.15) is 0 Å². The molecular weight excluding hydrogens is 264 g/mol. The minimum Gasteiger partial charge on any atom is -0.493 e. The number of carboxylic acid groups (broad SMARTS) is 1. The van der Waals surface area contributed by atoms with Gasteiger partial charge in [0.05, 0.1) is 12.2 Å². The fourth-order valence-electron chi connectivity index (χ4n) is 2.17. The molecule has 0 aromatic heterocycles. The maximum atomic E-state index is 11.6. The summed E-state index contributed by atoms with van der Waals surface area (Å²) in [7, 11) is 0. The van der Waals surface area contributed by atoms with E-state index in [9.17, 15) is 9.90 Å². The van der Waals surface area contributed by atoms with Crippen LogP contribution in [0.1, 0.15) is 23.6 Å². The molecule has 0 fully saturated rings. The molecule has 3 heteroatoms. The van der Waals surface area contributed by atoms with Crippen LogP contribution in [0.2, 0.25) is 0 Å². The second kappa shape index (κ2) is 6.75. The highest BCUT2D eigenvalue weighted by atomic mass is 16.5. The molecule has 0 atom stereocenters. The number of hydrogen-bond acceptors (Lipinski definition) is 2. The second-order valence-corrected chi connectivity index (χ2v) is 4.65. The topological polar surface area (TPSA) is 46.5 Å². The number of rotatable bonds is 5. The zero-order valence-electron chi connectivity index (χ0n) is 12.2. The summed E-state index contributed by atoms with van der Waals surface area (Å²) in [4.78, 5) is 11.6. The van der Waals surface area contributed by atoms with Crippen molar-refractivity contribution in [2.45, 2.75) is 13.8 Å². The molecule has 0 aliphatic rings. The Kier molecular flexibility index (Phi) is 4.77. The van der Waals surface area contributed by atoms with E-state index < -0.39 is 5.97 Å². The first-order valence-corrected chi connectivity index (χ1v) is 6.86. The lowest BCUT2D eigenvalue weighted by Gasteiger charge is -2.10. The molecule has 0 saturated carbocycles. The molecule has 0 radical (unpaired) electrons. The molecule has 21 heavy (non-hydrogen) atoms. The fraction of sp³-hybridized carbons (Fsp3) is 0.167. The lowest BCUT2D eigenvalue weighted by molar-refractivity contribution is -0.130. The van der Waals surface area contributed by atoms with Crippen molar-refractivity contribution in [2.24, 2.45) is 0 Å². The van der Waals surface area contributed by atoms with Crippen LogP contribution in [0.4, 0.5) is 0 Å². The van der Waals surface area contributed by atoms with Gasteiger partial charge in [0.1, 0.15) is 5.75 Å². The molecule has 3 nitrogen and oxygen atoms in total. The third-order valence-electron chi connectivity index (χ3n) is 3.18. The summed E-state index contributed by atoms with van der Waals surface area (Å²) in [6.07, 6.45) is 1.66. The van der Waals surface area contributed by atoms with Crippen LogP contribution in [0.5, 0.6) is 5.75 Å². The average molecular weight is 282 g/mol. The predicted molar refractivity (Wildman–Crippen MR) is 84.3 cm³/mol. The molecule has 1 N–H and O–H groups in total. The van der Waals surface area contributed by atoms with Gasteiger partial charge in [0.2, 0.25) is 0 Å². The standard InChI is InChI=1S/C18H18O3/c1-3-21-17-11-7-5-9-14(17)12-16(18(19)20)15-10-6-4-8-13(15)2/h4-12H,3H2,1-2H3,(H,19,20)/b16-12+. The van der Waals surface area contributed by atoms with Crippen LogP contribution in [0.3, 0.4) is 0 Å². The van der Waals surface area contributed by atoms with Crippen molar-refractivity contribution in [3.8, 4) is 5.75 Å². The highest BCUT2D eigenvalue weighted by Crippen LogP contribution is 2.26. The quantitative estimate of drug-likeness (QED) is 0.665. The van der Waals surface area contributed by atoms with E-state index in [1.807, 2.05) is 62.4 Å². The van der Waals surface area contributed by atoms with E-state index >= 15 is 0 Å². The second-order valence-electron chi connectivity index (χ2n) is 4.65. The number of carbonyl (C=O) groups is 1. The summed E-state index contributed by atoms with van der Waals surface area (Å²) < 4.78 is 5.55. The summed E-state index contributed by atoms with van der Waals surface area (Å²) in [6, 6.07) is 14.9. The largest absolute Gasteiger partial charge is 0.493 e. The third-order valence-corrected chi connectivity index (χ3v) is 3.18. The third kappa shape index (κ3) is 3.51. The van der Waals surface area contributed by atoms with Crippen molar-refractivity contribution in [3.05, 3.63) is 65.2 Å². The van der Waals surface area contributed by atoms with Gasteiger partial charge in [-0.3, -0.25) is 0 Å². The van der Waals surface area contributed by atoms with Crippen LogP contribution in [0, 0.1) is 6.92 Å².